The average molecular weight is 310 g/mol. The standard InChI is InChI=1S/C19H39N3/c1-7-19(5,6)22-14-12-20(13-15-22)16-17-8-10-21(11-9-17)18(2,3)4/h17H,7-16H2,1-6H3. The van der Waals surface area contributed by atoms with Crippen molar-refractivity contribution in [1.82, 2.24) is 14.7 Å². The second-order valence-corrected chi connectivity index (χ2v) is 9.05. The van der Waals surface area contributed by atoms with Crippen LogP contribution in [0.2, 0.25) is 0 Å². The monoisotopic (exact) mass is 309 g/mol. The predicted molar refractivity (Wildman–Crippen MR) is 96.4 cm³/mol. The summed E-state index contributed by atoms with van der Waals surface area (Å²) in [4.78, 5) is 8.07. The van der Waals surface area contributed by atoms with Gasteiger partial charge in [-0.2, -0.15) is 0 Å². The van der Waals surface area contributed by atoms with Gasteiger partial charge in [-0.25, -0.2) is 0 Å². The van der Waals surface area contributed by atoms with Crippen molar-refractivity contribution in [2.45, 2.75) is 71.9 Å². The fourth-order valence-corrected chi connectivity index (χ4v) is 3.91. The number of hydrogen-bond acceptors (Lipinski definition) is 3. The van der Waals surface area contributed by atoms with E-state index in [-0.39, 0.29) is 0 Å². The second-order valence-electron chi connectivity index (χ2n) is 9.05. The van der Waals surface area contributed by atoms with Gasteiger partial charge in [0.25, 0.3) is 0 Å². The number of nitrogens with zero attached hydrogens (tertiary/aromatic N) is 3. The van der Waals surface area contributed by atoms with Gasteiger partial charge in [0.2, 0.25) is 0 Å². The molecule has 3 nitrogen and oxygen atoms in total. The lowest BCUT2D eigenvalue weighted by atomic mass is 9.92. The number of piperidine rings is 1. The zero-order valence-electron chi connectivity index (χ0n) is 16.0. The lowest BCUT2D eigenvalue weighted by molar-refractivity contribution is 0.0307. The first kappa shape index (κ1) is 18.2. The largest absolute Gasteiger partial charge is 0.301 e. The molecule has 2 fully saturated rings. The van der Waals surface area contributed by atoms with Crippen molar-refractivity contribution in [3.8, 4) is 0 Å². The Hall–Kier alpha value is -0.120. The van der Waals surface area contributed by atoms with Gasteiger partial charge >= 0.3 is 0 Å². The zero-order valence-corrected chi connectivity index (χ0v) is 16.0. The van der Waals surface area contributed by atoms with E-state index in [4.69, 9.17) is 0 Å². The number of hydrogen-bond donors (Lipinski definition) is 0. The molecule has 0 bridgehead atoms. The zero-order chi connectivity index (χ0) is 16.4. The van der Waals surface area contributed by atoms with Crippen LogP contribution in [-0.2, 0) is 0 Å². The Kier molecular flexibility index (Phi) is 5.95. The molecule has 2 saturated heterocycles. The van der Waals surface area contributed by atoms with Crippen LogP contribution in [0.3, 0.4) is 0 Å². The Morgan fingerprint density at radius 3 is 1.77 bits per heavy atom. The molecule has 0 saturated carbocycles. The molecule has 22 heavy (non-hydrogen) atoms. The number of likely N-dealkylation sites (tertiary alicyclic amines) is 1. The molecular formula is C19H39N3. The molecule has 2 rings (SSSR count). The smallest absolute Gasteiger partial charge is 0.0151 e. The van der Waals surface area contributed by atoms with Crippen LogP contribution in [0, 0.1) is 5.92 Å². The Balaban J connectivity index is 1.72. The van der Waals surface area contributed by atoms with Crippen molar-refractivity contribution >= 4 is 0 Å². The molecule has 0 unspecified atom stereocenters. The van der Waals surface area contributed by atoms with E-state index in [1.165, 1.54) is 65.1 Å². The molecule has 3 heteroatoms. The summed E-state index contributed by atoms with van der Waals surface area (Å²) in [6.45, 7) is 23.1. The van der Waals surface area contributed by atoms with Gasteiger partial charge in [0.15, 0.2) is 0 Å². The summed E-state index contributed by atoms with van der Waals surface area (Å²) in [5, 5.41) is 0. The minimum Gasteiger partial charge on any atom is -0.301 e. The van der Waals surface area contributed by atoms with E-state index in [9.17, 15) is 0 Å². The third-order valence-corrected chi connectivity index (χ3v) is 6.17. The molecule has 0 spiro atoms. The van der Waals surface area contributed by atoms with Gasteiger partial charge in [0.1, 0.15) is 0 Å². The second kappa shape index (κ2) is 7.19. The topological polar surface area (TPSA) is 9.72 Å². The van der Waals surface area contributed by atoms with Gasteiger partial charge in [-0.05, 0) is 72.9 Å². The van der Waals surface area contributed by atoms with Gasteiger partial charge in [-0.15, -0.1) is 0 Å². The van der Waals surface area contributed by atoms with E-state index in [0.29, 0.717) is 11.1 Å². The van der Waals surface area contributed by atoms with Crippen LogP contribution in [0.4, 0.5) is 0 Å². The Bertz CT molecular complexity index is 329. The molecule has 0 aliphatic carbocycles. The minimum absolute atomic E-state index is 0.350. The van der Waals surface area contributed by atoms with Crippen LogP contribution in [0.1, 0.15) is 60.8 Å². The summed E-state index contributed by atoms with van der Waals surface area (Å²) < 4.78 is 0. The molecule has 2 aliphatic heterocycles. The SMILES string of the molecule is CCC(C)(C)N1CCN(CC2CCN(C(C)(C)C)CC2)CC1. The summed E-state index contributed by atoms with van der Waals surface area (Å²) in [5.41, 5.74) is 0.729. The maximum absolute atomic E-state index is 2.72. The molecule has 0 radical (unpaired) electrons. The molecule has 0 atom stereocenters. The molecule has 0 aromatic carbocycles. The Labute approximate surface area is 139 Å². The predicted octanol–water partition coefficient (Wildman–Crippen LogP) is 3.30. The fourth-order valence-electron chi connectivity index (χ4n) is 3.91. The molecule has 2 heterocycles. The highest BCUT2D eigenvalue weighted by atomic mass is 15.3. The highest BCUT2D eigenvalue weighted by Gasteiger charge is 2.31. The van der Waals surface area contributed by atoms with Gasteiger partial charge in [-0.1, -0.05) is 6.92 Å². The lowest BCUT2D eigenvalue weighted by Crippen LogP contribution is -2.55. The van der Waals surface area contributed by atoms with Crippen LogP contribution in [0.15, 0.2) is 0 Å². The van der Waals surface area contributed by atoms with Crippen molar-refractivity contribution in [3.05, 3.63) is 0 Å². The normalized spacial score (nSPS) is 24.8. The Morgan fingerprint density at radius 2 is 1.32 bits per heavy atom. The van der Waals surface area contributed by atoms with Gasteiger partial charge < -0.3 is 4.90 Å². The van der Waals surface area contributed by atoms with Crippen LogP contribution >= 0.6 is 0 Å². The first-order valence-corrected chi connectivity index (χ1v) is 9.45. The third-order valence-electron chi connectivity index (χ3n) is 6.17. The summed E-state index contributed by atoms with van der Waals surface area (Å²) in [7, 11) is 0. The highest BCUT2D eigenvalue weighted by molar-refractivity contribution is 4.87. The van der Waals surface area contributed by atoms with E-state index in [2.05, 4.69) is 56.2 Å². The first-order valence-electron chi connectivity index (χ1n) is 9.45. The summed E-state index contributed by atoms with van der Waals surface area (Å²) >= 11 is 0. The van der Waals surface area contributed by atoms with Crippen molar-refractivity contribution < 1.29 is 0 Å². The number of rotatable bonds is 4. The molecule has 130 valence electrons. The number of piperazine rings is 1. The van der Waals surface area contributed by atoms with E-state index in [1.54, 1.807) is 0 Å². The van der Waals surface area contributed by atoms with Crippen molar-refractivity contribution in [3.63, 3.8) is 0 Å². The minimum atomic E-state index is 0.350. The Morgan fingerprint density at radius 1 is 0.773 bits per heavy atom. The van der Waals surface area contributed by atoms with Crippen molar-refractivity contribution in [2.24, 2.45) is 5.92 Å². The molecular weight excluding hydrogens is 270 g/mol. The van der Waals surface area contributed by atoms with E-state index >= 15 is 0 Å². The van der Waals surface area contributed by atoms with E-state index in [0.717, 1.165) is 5.92 Å². The van der Waals surface area contributed by atoms with E-state index in [1.807, 2.05) is 0 Å². The molecule has 0 amide bonds. The summed E-state index contributed by atoms with van der Waals surface area (Å²) in [6.07, 6.45) is 4.02. The highest BCUT2D eigenvalue weighted by Crippen LogP contribution is 2.25. The van der Waals surface area contributed by atoms with E-state index < -0.39 is 0 Å². The van der Waals surface area contributed by atoms with Crippen molar-refractivity contribution in [1.29, 1.82) is 0 Å². The average Bonchev–Trinajstić information content (AvgIpc) is 2.47. The van der Waals surface area contributed by atoms with Crippen LogP contribution < -0.4 is 0 Å². The van der Waals surface area contributed by atoms with Crippen LogP contribution in [-0.4, -0.2) is 71.6 Å². The first-order chi connectivity index (χ1) is 10.2. The van der Waals surface area contributed by atoms with Crippen LogP contribution in [0.5, 0.6) is 0 Å². The summed E-state index contributed by atoms with van der Waals surface area (Å²) in [5.74, 6) is 0.921. The third kappa shape index (κ3) is 4.69. The van der Waals surface area contributed by atoms with Gasteiger partial charge in [-0.3, -0.25) is 9.80 Å². The maximum Gasteiger partial charge on any atom is 0.0151 e. The fraction of sp³-hybridized carbons (Fsp3) is 1.00. The maximum atomic E-state index is 2.72. The lowest BCUT2D eigenvalue weighted by Gasteiger charge is -2.45. The molecule has 0 aromatic rings. The van der Waals surface area contributed by atoms with Gasteiger partial charge in [0, 0.05) is 43.8 Å². The van der Waals surface area contributed by atoms with Gasteiger partial charge in [0.05, 0.1) is 0 Å². The quantitative estimate of drug-likeness (QED) is 0.789. The van der Waals surface area contributed by atoms with Crippen molar-refractivity contribution in [2.75, 3.05) is 45.8 Å². The van der Waals surface area contributed by atoms with Crippen LogP contribution in [0.25, 0.3) is 0 Å². The molecule has 0 aromatic heterocycles. The molecule has 0 N–H and O–H groups in total. The molecule has 2 aliphatic rings. The summed E-state index contributed by atoms with van der Waals surface area (Å²) in [6, 6.07) is 0.